The molecule has 2 atom stereocenters. The molecular formula is C13H18N2OS2. The fourth-order valence-electron chi connectivity index (χ4n) is 1.66. The summed E-state index contributed by atoms with van der Waals surface area (Å²) >= 11 is 1.66. The zero-order valence-corrected chi connectivity index (χ0v) is 12.5. The first-order valence-electron chi connectivity index (χ1n) is 6.02. The van der Waals surface area contributed by atoms with Crippen LogP contribution >= 0.6 is 11.3 Å². The van der Waals surface area contributed by atoms with Crippen LogP contribution in [0.25, 0.3) is 0 Å². The molecule has 0 radical (unpaired) electrons. The van der Waals surface area contributed by atoms with Gasteiger partial charge < -0.3 is 0 Å². The van der Waals surface area contributed by atoms with Gasteiger partial charge in [0.15, 0.2) is 0 Å². The third-order valence-electron chi connectivity index (χ3n) is 2.82. The highest BCUT2D eigenvalue weighted by Gasteiger charge is 2.16. The smallest absolute Gasteiger partial charge is 0.0749 e. The van der Waals surface area contributed by atoms with E-state index in [4.69, 9.17) is 0 Å². The summed E-state index contributed by atoms with van der Waals surface area (Å²) in [5.41, 5.74) is 0.908. The van der Waals surface area contributed by atoms with Crippen molar-refractivity contribution in [2.75, 3.05) is 0 Å². The van der Waals surface area contributed by atoms with Gasteiger partial charge in [0.05, 0.1) is 16.7 Å². The number of hydrogen-bond donors (Lipinski definition) is 0. The van der Waals surface area contributed by atoms with Crippen LogP contribution in [0.1, 0.15) is 42.6 Å². The van der Waals surface area contributed by atoms with E-state index in [9.17, 15) is 4.21 Å². The van der Waals surface area contributed by atoms with E-state index >= 15 is 0 Å². The summed E-state index contributed by atoms with van der Waals surface area (Å²) in [6, 6.07) is 6.35. The van der Waals surface area contributed by atoms with E-state index < -0.39 is 10.8 Å². The molecule has 0 unspecified atom stereocenters. The summed E-state index contributed by atoms with van der Waals surface area (Å²) in [7, 11) is -0.910. The third-order valence-corrected chi connectivity index (χ3v) is 5.65. The van der Waals surface area contributed by atoms with Crippen LogP contribution in [0.5, 0.6) is 0 Å². The van der Waals surface area contributed by atoms with Crippen molar-refractivity contribution < 1.29 is 4.21 Å². The van der Waals surface area contributed by atoms with Gasteiger partial charge in [-0.25, -0.2) is 0 Å². The van der Waals surface area contributed by atoms with Crippen molar-refractivity contribution >= 4 is 22.1 Å². The topological polar surface area (TPSA) is 34.9 Å². The number of nitrogens with zero attached hydrogens (tertiary/aromatic N) is 2. The average molecular weight is 282 g/mol. The quantitative estimate of drug-likeness (QED) is 0.841. The predicted molar refractivity (Wildman–Crippen MR) is 77.2 cm³/mol. The molecule has 0 aromatic carbocycles. The number of rotatable bonds is 5. The van der Waals surface area contributed by atoms with Gasteiger partial charge in [-0.15, -0.1) is 11.3 Å². The standard InChI is InChI=1S/C13H18N2OS2/c1-10(2)15-7-6-12(14-15)9-18(16)11(3)13-5-4-8-17-13/h4-8,10-11H,9H2,1-3H3/t11-,18+/m1/s1. The van der Waals surface area contributed by atoms with Gasteiger partial charge in [-0.3, -0.25) is 8.89 Å². The van der Waals surface area contributed by atoms with Crippen molar-refractivity contribution in [3.05, 3.63) is 40.3 Å². The van der Waals surface area contributed by atoms with Crippen molar-refractivity contribution in [2.24, 2.45) is 0 Å². The van der Waals surface area contributed by atoms with Crippen molar-refractivity contribution in [2.45, 2.75) is 37.8 Å². The van der Waals surface area contributed by atoms with Crippen molar-refractivity contribution in [3.8, 4) is 0 Å². The molecule has 0 fully saturated rings. The van der Waals surface area contributed by atoms with E-state index in [2.05, 4.69) is 18.9 Å². The Morgan fingerprint density at radius 3 is 2.72 bits per heavy atom. The molecule has 5 heteroatoms. The lowest BCUT2D eigenvalue weighted by Crippen LogP contribution is -2.06. The molecule has 2 aromatic rings. The molecule has 0 spiro atoms. The minimum absolute atomic E-state index is 0.0780. The molecule has 0 aliphatic heterocycles. The van der Waals surface area contributed by atoms with Crippen LogP contribution in [-0.2, 0) is 16.6 Å². The maximum atomic E-state index is 12.3. The maximum absolute atomic E-state index is 12.3. The molecular weight excluding hydrogens is 264 g/mol. The minimum atomic E-state index is -0.910. The highest BCUT2D eigenvalue weighted by atomic mass is 32.2. The van der Waals surface area contributed by atoms with Crippen LogP contribution in [0.3, 0.4) is 0 Å². The van der Waals surface area contributed by atoms with E-state index in [-0.39, 0.29) is 5.25 Å². The van der Waals surface area contributed by atoms with E-state index in [1.165, 1.54) is 4.88 Å². The Kier molecular flexibility index (Phi) is 4.35. The summed E-state index contributed by atoms with van der Waals surface area (Å²) in [4.78, 5) is 1.18. The van der Waals surface area contributed by atoms with Crippen LogP contribution in [0.4, 0.5) is 0 Å². The molecule has 0 saturated carbocycles. The van der Waals surface area contributed by atoms with Gasteiger partial charge in [0.1, 0.15) is 0 Å². The van der Waals surface area contributed by atoms with Gasteiger partial charge in [-0.1, -0.05) is 6.07 Å². The molecule has 0 N–H and O–H groups in total. The molecule has 0 saturated heterocycles. The Balaban J connectivity index is 2.02. The second-order valence-corrected chi connectivity index (χ2v) is 7.30. The molecule has 0 aliphatic rings. The Morgan fingerprint density at radius 2 is 2.17 bits per heavy atom. The normalized spacial score (nSPS) is 14.9. The summed E-state index contributed by atoms with van der Waals surface area (Å²) in [6.07, 6.45) is 1.95. The van der Waals surface area contributed by atoms with Crippen LogP contribution in [-0.4, -0.2) is 14.0 Å². The van der Waals surface area contributed by atoms with Crippen LogP contribution in [0.15, 0.2) is 29.8 Å². The Bertz CT molecular complexity index is 517. The van der Waals surface area contributed by atoms with E-state index in [1.54, 1.807) is 11.3 Å². The summed E-state index contributed by atoms with van der Waals surface area (Å²) in [5, 5.41) is 6.54. The lowest BCUT2D eigenvalue weighted by Gasteiger charge is -2.08. The molecule has 3 nitrogen and oxygen atoms in total. The largest absolute Gasteiger partial charge is 0.270 e. The zero-order valence-electron chi connectivity index (χ0n) is 10.9. The van der Waals surface area contributed by atoms with Crippen LogP contribution in [0, 0.1) is 0 Å². The molecule has 2 rings (SSSR count). The lowest BCUT2D eigenvalue weighted by molar-refractivity contribution is 0.528. The van der Waals surface area contributed by atoms with Gasteiger partial charge in [-0.05, 0) is 38.3 Å². The molecule has 2 heterocycles. The van der Waals surface area contributed by atoms with E-state index in [0.29, 0.717) is 11.8 Å². The molecule has 0 bridgehead atoms. The molecule has 2 aromatic heterocycles. The Labute approximate surface area is 114 Å². The molecule has 0 amide bonds. The number of aromatic nitrogens is 2. The first-order chi connectivity index (χ1) is 8.58. The SMILES string of the molecule is CC(C)n1ccc(C[S@](=O)[C@H](C)c2cccs2)n1. The monoisotopic (exact) mass is 282 g/mol. The second-order valence-electron chi connectivity index (χ2n) is 4.56. The first-order valence-corrected chi connectivity index (χ1v) is 8.28. The summed E-state index contributed by atoms with van der Waals surface area (Å²) < 4.78 is 14.2. The highest BCUT2D eigenvalue weighted by molar-refractivity contribution is 7.84. The third kappa shape index (κ3) is 3.09. The van der Waals surface area contributed by atoms with Crippen LogP contribution < -0.4 is 0 Å². The first kappa shape index (κ1) is 13.5. The van der Waals surface area contributed by atoms with Gasteiger partial charge in [0.25, 0.3) is 0 Å². The predicted octanol–water partition coefficient (Wildman–Crippen LogP) is 3.54. The fourth-order valence-corrected chi connectivity index (χ4v) is 3.85. The van der Waals surface area contributed by atoms with Gasteiger partial charge in [0.2, 0.25) is 0 Å². The fraction of sp³-hybridized carbons (Fsp3) is 0.462. The van der Waals surface area contributed by atoms with E-state index in [1.807, 2.05) is 41.4 Å². The minimum Gasteiger partial charge on any atom is -0.270 e. The summed E-state index contributed by atoms with van der Waals surface area (Å²) in [5.74, 6) is 0.527. The van der Waals surface area contributed by atoms with Gasteiger partial charge in [-0.2, -0.15) is 5.10 Å². The zero-order chi connectivity index (χ0) is 13.1. The van der Waals surface area contributed by atoms with Gasteiger partial charge in [0, 0.05) is 27.9 Å². The Morgan fingerprint density at radius 1 is 1.39 bits per heavy atom. The van der Waals surface area contributed by atoms with Crippen LogP contribution in [0.2, 0.25) is 0 Å². The highest BCUT2D eigenvalue weighted by Crippen LogP contribution is 2.25. The molecule has 0 aliphatic carbocycles. The lowest BCUT2D eigenvalue weighted by atomic mass is 10.4. The summed E-state index contributed by atoms with van der Waals surface area (Å²) in [6.45, 7) is 6.19. The average Bonchev–Trinajstić information content (AvgIpc) is 2.98. The number of thiophene rings is 1. The van der Waals surface area contributed by atoms with Gasteiger partial charge >= 0.3 is 0 Å². The molecule has 18 heavy (non-hydrogen) atoms. The van der Waals surface area contributed by atoms with E-state index in [0.717, 1.165) is 5.69 Å². The van der Waals surface area contributed by atoms with Crippen molar-refractivity contribution in [1.82, 2.24) is 9.78 Å². The van der Waals surface area contributed by atoms with Crippen molar-refractivity contribution in [3.63, 3.8) is 0 Å². The second kappa shape index (κ2) is 5.80. The number of hydrogen-bond acceptors (Lipinski definition) is 3. The molecule has 98 valence electrons. The Hall–Kier alpha value is -0.940. The maximum Gasteiger partial charge on any atom is 0.0749 e. The van der Waals surface area contributed by atoms with Crippen molar-refractivity contribution in [1.29, 1.82) is 0 Å².